The van der Waals surface area contributed by atoms with E-state index in [1.54, 1.807) is 6.08 Å². The van der Waals surface area contributed by atoms with Crippen LogP contribution >= 0.6 is 0 Å². The van der Waals surface area contributed by atoms with Crippen LogP contribution in [0.1, 0.15) is 38.2 Å². The van der Waals surface area contributed by atoms with Crippen molar-refractivity contribution < 1.29 is 9.90 Å². The minimum absolute atomic E-state index is 0.0937. The quantitative estimate of drug-likeness (QED) is 0.616. The topological polar surface area (TPSA) is 76.4 Å². The second-order valence-corrected chi connectivity index (χ2v) is 6.75. The zero-order chi connectivity index (χ0) is 18.2. The van der Waals surface area contributed by atoms with Crippen LogP contribution in [0.15, 0.2) is 29.8 Å². The molecule has 1 saturated carbocycles. The van der Waals surface area contributed by atoms with Gasteiger partial charge in [0.1, 0.15) is 11.6 Å². The standard InChI is InChI=1S/C20H27N3O2/c1-15-5-3-4-6-19(15)22-20(25)17(14-21)13-16-7-9-18(10-8-16)23(2)11-12-24/h7-10,13,15,19,24H,3-6,11-12H2,1-2H3,(H,22,25)/b17-13+/t15-,19+/m1/s1. The lowest BCUT2D eigenvalue weighted by Gasteiger charge is -2.29. The lowest BCUT2D eigenvalue weighted by molar-refractivity contribution is -0.118. The van der Waals surface area contributed by atoms with Crippen molar-refractivity contribution in [3.05, 3.63) is 35.4 Å². The highest BCUT2D eigenvalue weighted by Crippen LogP contribution is 2.24. The Morgan fingerprint density at radius 3 is 2.64 bits per heavy atom. The first-order valence-corrected chi connectivity index (χ1v) is 8.90. The molecule has 0 saturated heterocycles. The summed E-state index contributed by atoms with van der Waals surface area (Å²) in [5, 5.41) is 21.4. The molecule has 2 rings (SSSR count). The summed E-state index contributed by atoms with van der Waals surface area (Å²) in [5.74, 6) is 0.168. The van der Waals surface area contributed by atoms with E-state index in [2.05, 4.69) is 12.2 Å². The lowest BCUT2D eigenvalue weighted by Crippen LogP contribution is -2.41. The normalized spacial score (nSPS) is 20.6. The first-order valence-electron chi connectivity index (χ1n) is 8.90. The summed E-state index contributed by atoms with van der Waals surface area (Å²) in [7, 11) is 1.90. The van der Waals surface area contributed by atoms with Gasteiger partial charge < -0.3 is 15.3 Å². The van der Waals surface area contributed by atoms with Crippen molar-refractivity contribution in [2.45, 2.75) is 38.6 Å². The number of amides is 1. The van der Waals surface area contributed by atoms with Crippen LogP contribution in [0.2, 0.25) is 0 Å². The van der Waals surface area contributed by atoms with Crippen LogP contribution in [0.5, 0.6) is 0 Å². The van der Waals surface area contributed by atoms with Gasteiger partial charge in [-0.25, -0.2) is 0 Å². The maximum atomic E-state index is 12.4. The number of anilines is 1. The molecule has 0 unspecified atom stereocenters. The minimum atomic E-state index is -0.289. The summed E-state index contributed by atoms with van der Waals surface area (Å²) in [6.45, 7) is 2.80. The first-order chi connectivity index (χ1) is 12.0. The molecule has 1 aliphatic rings. The molecule has 2 atom stereocenters. The van der Waals surface area contributed by atoms with Gasteiger partial charge in [0.15, 0.2) is 0 Å². The predicted octanol–water partition coefficient (Wildman–Crippen LogP) is 2.72. The van der Waals surface area contributed by atoms with E-state index in [0.717, 1.165) is 30.5 Å². The summed E-state index contributed by atoms with van der Waals surface area (Å²) < 4.78 is 0. The molecule has 1 amide bonds. The van der Waals surface area contributed by atoms with E-state index < -0.39 is 0 Å². The van der Waals surface area contributed by atoms with E-state index in [1.165, 1.54) is 6.42 Å². The highest BCUT2D eigenvalue weighted by atomic mass is 16.3. The van der Waals surface area contributed by atoms with Crippen LogP contribution in [-0.4, -0.2) is 37.3 Å². The SMILES string of the molecule is C[C@@H]1CCCC[C@@H]1NC(=O)/C(C#N)=C/c1ccc(N(C)CCO)cc1. The number of benzene rings is 1. The Kier molecular flexibility index (Phi) is 7.03. The fourth-order valence-corrected chi connectivity index (χ4v) is 3.20. The Morgan fingerprint density at radius 2 is 2.04 bits per heavy atom. The van der Waals surface area contributed by atoms with Gasteiger partial charge in [0.05, 0.1) is 6.61 Å². The summed E-state index contributed by atoms with van der Waals surface area (Å²) in [6, 6.07) is 9.75. The van der Waals surface area contributed by atoms with E-state index >= 15 is 0 Å². The molecule has 1 fully saturated rings. The Hall–Kier alpha value is -2.32. The van der Waals surface area contributed by atoms with E-state index in [1.807, 2.05) is 42.3 Å². The Morgan fingerprint density at radius 1 is 1.36 bits per heavy atom. The number of hydrogen-bond acceptors (Lipinski definition) is 4. The third-order valence-electron chi connectivity index (χ3n) is 4.87. The van der Waals surface area contributed by atoms with Gasteiger partial charge >= 0.3 is 0 Å². The van der Waals surface area contributed by atoms with Crippen LogP contribution < -0.4 is 10.2 Å². The molecule has 0 aromatic heterocycles. The number of carbonyl (C=O) groups excluding carboxylic acids is 1. The monoisotopic (exact) mass is 341 g/mol. The first kappa shape index (κ1) is 19.0. The average Bonchev–Trinajstić information content (AvgIpc) is 2.62. The second kappa shape index (κ2) is 9.24. The van der Waals surface area contributed by atoms with E-state index in [4.69, 9.17) is 5.11 Å². The Labute approximate surface area is 150 Å². The zero-order valence-corrected chi connectivity index (χ0v) is 15.0. The number of nitriles is 1. The molecule has 0 radical (unpaired) electrons. The van der Waals surface area contributed by atoms with Crippen molar-refractivity contribution in [1.82, 2.24) is 5.32 Å². The summed E-state index contributed by atoms with van der Waals surface area (Å²) in [6.07, 6.45) is 6.07. The molecule has 2 N–H and O–H groups in total. The van der Waals surface area contributed by atoms with Crippen molar-refractivity contribution in [2.24, 2.45) is 5.92 Å². The molecule has 5 heteroatoms. The molecule has 1 aromatic rings. The lowest BCUT2D eigenvalue weighted by atomic mass is 9.86. The number of aliphatic hydroxyl groups excluding tert-OH is 1. The fraction of sp³-hybridized carbons (Fsp3) is 0.500. The van der Waals surface area contributed by atoms with Crippen LogP contribution in [0.4, 0.5) is 5.69 Å². The molecule has 134 valence electrons. The molecule has 25 heavy (non-hydrogen) atoms. The zero-order valence-electron chi connectivity index (χ0n) is 15.0. The number of hydrogen-bond donors (Lipinski definition) is 2. The average molecular weight is 341 g/mol. The van der Waals surface area contributed by atoms with Crippen LogP contribution in [0, 0.1) is 17.2 Å². The van der Waals surface area contributed by atoms with E-state index in [-0.39, 0.29) is 24.1 Å². The van der Waals surface area contributed by atoms with Crippen LogP contribution in [0.25, 0.3) is 6.08 Å². The third kappa shape index (κ3) is 5.33. The van der Waals surface area contributed by atoms with Crippen LogP contribution in [-0.2, 0) is 4.79 Å². The van der Waals surface area contributed by atoms with E-state index in [9.17, 15) is 10.1 Å². The highest BCUT2D eigenvalue weighted by molar-refractivity contribution is 6.01. The van der Waals surface area contributed by atoms with Gasteiger partial charge in [-0.05, 0) is 42.5 Å². The van der Waals surface area contributed by atoms with Gasteiger partial charge in [0.25, 0.3) is 5.91 Å². The maximum Gasteiger partial charge on any atom is 0.262 e. The van der Waals surface area contributed by atoms with E-state index in [0.29, 0.717) is 12.5 Å². The minimum Gasteiger partial charge on any atom is -0.395 e. The number of aliphatic hydroxyl groups is 1. The summed E-state index contributed by atoms with van der Waals surface area (Å²) >= 11 is 0. The Bertz CT molecular complexity index is 646. The van der Waals surface area contributed by atoms with Crippen LogP contribution in [0.3, 0.4) is 0 Å². The molecule has 5 nitrogen and oxygen atoms in total. The fourth-order valence-electron chi connectivity index (χ4n) is 3.20. The van der Waals surface area contributed by atoms with Crippen molar-refractivity contribution >= 4 is 17.7 Å². The predicted molar refractivity (Wildman–Crippen MR) is 100.0 cm³/mol. The maximum absolute atomic E-state index is 12.4. The van der Waals surface area contributed by atoms with Crippen molar-refractivity contribution in [3.63, 3.8) is 0 Å². The molecule has 0 bridgehead atoms. The molecular formula is C20H27N3O2. The number of nitrogens with one attached hydrogen (secondary N) is 1. The summed E-state index contributed by atoms with van der Waals surface area (Å²) in [5.41, 5.74) is 1.92. The number of likely N-dealkylation sites (N-methyl/N-ethyl adjacent to an activating group) is 1. The third-order valence-corrected chi connectivity index (χ3v) is 4.87. The van der Waals surface area contributed by atoms with Crippen molar-refractivity contribution in [2.75, 3.05) is 25.1 Å². The number of carbonyl (C=O) groups is 1. The number of rotatable bonds is 6. The Balaban J connectivity index is 2.06. The molecule has 0 spiro atoms. The molecule has 1 aliphatic carbocycles. The summed E-state index contributed by atoms with van der Waals surface area (Å²) in [4.78, 5) is 14.4. The van der Waals surface area contributed by atoms with Crippen molar-refractivity contribution in [1.29, 1.82) is 5.26 Å². The molecule has 0 heterocycles. The molecular weight excluding hydrogens is 314 g/mol. The molecule has 0 aliphatic heterocycles. The second-order valence-electron chi connectivity index (χ2n) is 6.75. The van der Waals surface area contributed by atoms with Crippen molar-refractivity contribution in [3.8, 4) is 6.07 Å². The van der Waals surface area contributed by atoms with Gasteiger partial charge in [-0.3, -0.25) is 4.79 Å². The largest absolute Gasteiger partial charge is 0.395 e. The highest BCUT2D eigenvalue weighted by Gasteiger charge is 2.24. The smallest absolute Gasteiger partial charge is 0.262 e. The number of nitrogens with zero attached hydrogens (tertiary/aromatic N) is 2. The molecule has 1 aromatic carbocycles. The van der Waals surface area contributed by atoms with Gasteiger partial charge in [-0.15, -0.1) is 0 Å². The van der Waals surface area contributed by atoms with Gasteiger partial charge in [-0.2, -0.15) is 5.26 Å². The van der Waals surface area contributed by atoms with Gasteiger partial charge in [0, 0.05) is 25.3 Å². The van der Waals surface area contributed by atoms with Gasteiger partial charge in [-0.1, -0.05) is 31.9 Å². The van der Waals surface area contributed by atoms with Gasteiger partial charge in [0.2, 0.25) is 0 Å².